The van der Waals surface area contributed by atoms with Crippen molar-refractivity contribution in [1.29, 1.82) is 0 Å². The molecule has 0 unspecified atom stereocenters. The van der Waals surface area contributed by atoms with Gasteiger partial charge in [-0.2, -0.15) is 0 Å². The molecule has 0 bridgehead atoms. The predicted molar refractivity (Wildman–Crippen MR) is 83.6 cm³/mol. The summed E-state index contributed by atoms with van der Waals surface area (Å²) in [6.45, 7) is 1.75. The first kappa shape index (κ1) is 15.2. The lowest BCUT2D eigenvalue weighted by molar-refractivity contribution is 0.566. The number of sulfonamides is 1. The van der Waals surface area contributed by atoms with E-state index < -0.39 is 16.1 Å². The Morgan fingerprint density at radius 3 is 2.45 bits per heavy atom. The average molecular weight is 319 g/mol. The Morgan fingerprint density at radius 1 is 1.05 bits per heavy atom. The van der Waals surface area contributed by atoms with Gasteiger partial charge < -0.3 is 0 Å². The molecule has 1 N–H and O–H groups in total. The number of aryl methyl sites for hydroxylation is 2. The van der Waals surface area contributed by atoms with Crippen LogP contribution in [0.5, 0.6) is 0 Å². The molecule has 0 heterocycles. The molecule has 0 saturated heterocycles. The monoisotopic (exact) mass is 319 g/mol. The molecule has 0 amide bonds. The van der Waals surface area contributed by atoms with Crippen molar-refractivity contribution in [3.05, 3.63) is 65.0 Å². The molecule has 5 heteroatoms. The molecule has 3 rings (SSSR count). The van der Waals surface area contributed by atoms with Crippen molar-refractivity contribution in [3.63, 3.8) is 0 Å². The largest absolute Gasteiger partial charge is 0.241 e. The minimum Gasteiger partial charge on any atom is -0.207 e. The van der Waals surface area contributed by atoms with E-state index in [4.69, 9.17) is 0 Å². The second-order valence-corrected chi connectivity index (χ2v) is 7.39. The van der Waals surface area contributed by atoms with E-state index in [0.29, 0.717) is 4.90 Å². The molecule has 1 atom stereocenters. The maximum absolute atomic E-state index is 12.9. The molecule has 0 fully saturated rings. The number of nitrogens with one attached hydrogen (secondary N) is 1. The van der Waals surface area contributed by atoms with Crippen molar-refractivity contribution < 1.29 is 12.8 Å². The quantitative estimate of drug-likeness (QED) is 0.939. The molecule has 0 saturated carbocycles. The van der Waals surface area contributed by atoms with Crippen molar-refractivity contribution in [2.75, 3.05) is 0 Å². The van der Waals surface area contributed by atoms with Crippen molar-refractivity contribution in [2.24, 2.45) is 0 Å². The molecule has 2 aromatic rings. The predicted octanol–water partition coefficient (Wildman–Crippen LogP) is 3.35. The van der Waals surface area contributed by atoms with Crippen molar-refractivity contribution >= 4 is 10.0 Å². The summed E-state index contributed by atoms with van der Waals surface area (Å²) >= 11 is 0. The Kier molecular flexibility index (Phi) is 4.02. The first-order valence-corrected chi connectivity index (χ1v) is 8.83. The lowest BCUT2D eigenvalue weighted by Gasteiger charge is -2.15. The maximum Gasteiger partial charge on any atom is 0.241 e. The molecule has 0 spiro atoms. The molecular formula is C17H18FNO2S. The summed E-state index contributed by atoms with van der Waals surface area (Å²) in [5, 5.41) is 0. The molecule has 0 aliphatic heterocycles. The van der Waals surface area contributed by atoms with Crippen LogP contribution in [0.4, 0.5) is 4.39 Å². The third kappa shape index (κ3) is 3.05. The van der Waals surface area contributed by atoms with E-state index in [2.05, 4.69) is 4.72 Å². The standard InChI is InChI=1S/C17H18FNO2S/c1-12(13-5-8-16(18)9-6-13)19-22(20,21)17-10-7-14-3-2-4-15(14)11-17/h5-12,19H,2-4H2,1H3/t12-/m0/s1. The van der Waals surface area contributed by atoms with Crippen LogP contribution >= 0.6 is 0 Å². The van der Waals surface area contributed by atoms with Crippen LogP contribution in [0.2, 0.25) is 0 Å². The van der Waals surface area contributed by atoms with Crippen molar-refractivity contribution in [3.8, 4) is 0 Å². The summed E-state index contributed by atoms with van der Waals surface area (Å²) in [7, 11) is -3.58. The Balaban J connectivity index is 1.82. The van der Waals surface area contributed by atoms with Crippen molar-refractivity contribution in [1.82, 2.24) is 4.72 Å². The molecule has 0 aromatic heterocycles. The Hall–Kier alpha value is -1.72. The van der Waals surface area contributed by atoms with Crippen LogP contribution in [0, 0.1) is 5.82 Å². The first-order valence-electron chi connectivity index (χ1n) is 7.35. The first-order chi connectivity index (χ1) is 10.5. The molecule has 22 heavy (non-hydrogen) atoms. The van der Waals surface area contributed by atoms with Gasteiger partial charge in [0.2, 0.25) is 10.0 Å². The summed E-state index contributed by atoms with van der Waals surface area (Å²) in [4.78, 5) is 0.294. The number of hydrogen-bond acceptors (Lipinski definition) is 2. The van der Waals surface area contributed by atoms with Gasteiger partial charge in [0.25, 0.3) is 0 Å². The highest BCUT2D eigenvalue weighted by atomic mass is 32.2. The van der Waals surface area contributed by atoms with Gasteiger partial charge in [-0.05, 0) is 67.1 Å². The lowest BCUT2D eigenvalue weighted by atomic mass is 10.1. The fourth-order valence-corrected chi connectivity index (χ4v) is 4.12. The van der Waals surface area contributed by atoms with Crippen LogP contribution in [0.3, 0.4) is 0 Å². The molecule has 1 aliphatic rings. The molecule has 2 aromatic carbocycles. The van der Waals surface area contributed by atoms with Gasteiger partial charge in [-0.3, -0.25) is 0 Å². The summed E-state index contributed by atoms with van der Waals surface area (Å²) in [6, 6.07) is 10.7. The van der Waals surface area contributed by atoms with E-state index in [-0.39, 0.29) is 5.82 Å². The smallest absolute Gasteiger partial charge is 0.207 e. The number of rotatable bonds is 4. The fraction of sp³-hybridized carbons (Fsp3) is 0.294. The zero-order valence-electron chi connectivity index (χ0n) is 12.3. The molecule has 3 nitrogen and oxygen atoms in total. The van der Waals surface area contributed by atoms with Gasteiger partial charge in [0.15, 0.2) is 0 Å². The van der Waals surface area contributed by atoms with Gasteiger partial charge >= 0.3 is 0 Å². The fourth-order valence-electron chi connectivity index (χ4n) is 2.84. The normalized spacial score (nSPS) is 15.5. The van der Waals surface area contributed by atoms with Crippen LogP contribution in [0.25, 0.3) is 0 Å². The van der Waals surface area contributed by atoms with Crippen LogP contribution in [0.15, 0.2) is 47.4 Å². The third-order valence-electron chi connectivity index (χ3n) is 4.08. The number of halogens is 1. The third-order valence-corrected chi connectivity index (χ3v) is 5.62. The van der Waals surface area contributed by atoms with E-state index in [1.54, 1.807) is 31.2 Å². The minimum absolute atomic E-state index is 0.294. The van der Waals surface area contributed by atoms with Crippen LogP contribution in [-0.2, 0) is 22.9 Å². The summed E-state index contributed by atoms with van der Waals surface area (Å²) in [6.07, 6.45) is 3.04. The van der Waals surface area contributed by atoms with Crippen LogP contribution in [-0.4, -0.2) is 8.42 Å². The van der Waals surface area contributed by atoms with Crippen LogP contribution < -0.4 is 4.72 Å². The molecule has 0 radical (unpaired) electrons. The van der Waals surface area contributed by atoms with Gasteiger partial charge in [-0.15, -0.1) is 0 Å². The second-order valence-electron chi connectivity index (χ2n) is 5.68. The zero-order valence-corrected chi connectivity index (χ0v) is 13.2. The summed E-state index contributed by atoms with van der Waals surface area (Å²) < 4.78 is 40.6. The topological polar surface area (TPSA) is 46.2 Å². The minimum atomic E-state index is -3.58. The zero-order chi connectivity index (χ0) is 15.7. The molecular weight excluding hydrogens is 301 g/mol. The number of benzene rings is 2. The summed E-state index contributed by atoms with van der Waals surface area (Å²) in [5.74, 6) is -0.336. The average Bonchev–Trinajstić information content (AvgIpc) is 2.94. The van der Waals surface area contributed by atoms with Gasteiger partial charge in [-0.1, -0.05) is 18.2 Å². The Morgan fingerprint density at radius 2 is 1.73 bits per heavy atom. The highest BCUT2D eigenvalue weighted by Gasteiger charge is 2.21. The summed E-state index contributed by atoms with van der Waals surface area (Å²) in [5.41, 5.74) is 3.09. The second kappa shape index (κ2) is 5.82. The number of hydrogen-bond donors (Lipinski definition) is 1. The van der Waals surface area contributed by atoms with Crippen molar-refractivity contribution in [2.45, 2.75) is 37.1 Å². The molecule has 1 aliphatic carbocycles. The lowest BCUT2D eigenvalue weighted by Crippen LogP contribution is -2.27. The van der Waals surface area contributed by atoms with Gasteiger partial charge in [0.1, 0.15) is 5.82 Å². The van der Waals surface area contributed by atoms with Gasteiger partial charge in [0.05, 0.1) is 4.90 Å². The maximum atomic E-state index is 12.9. The van der Waals surface area contributed by atoms with E-state index in [9.17, 15) is 12.8 Å². The van der Waals surface area contributed by atoms with E-state index in [1.165, 1.54) is 17.7 Å². The van der Waals surface area contributed by atoms with E-state index >= 15 is 0 Å². The van der Waals surface area contributed by atoms with Gasteiger partial charge in [0, 0.05) is 6.04 Å². The van der Waals surface area contributed by atoms with Crippen LogP contribution in [0.1, 0.15) is 36.1 Å². The Labute approximate surface area is 130 Å². The molecule has 116 valence electrons. The van der Waals surface area contributed by atoms with E-state index in [1.807, 2.05) is 6.07 Å². The van der Waals surface area contributed by atoms with E-state index in [0.717, 1.165) is 30.4 Å². The SMILES string of the molecule is C[C@H](NS(=O)(=O)c1ccc2c(c1)CCC2)c1ccc(F)cc1. The van der Waals surface area contributed by atoms with Gasteiger partial charge in [-0.25, -0.2) is 17.5 Å². The highest BCUT2D eigenvalue weighted by molar-refractivity contribution is 7.89. The Bertz CT molecular complexity index is 785. The number of fused-ring (bicyclic) bond motifs is 1. The highest BCUT2D eigenvalue weighted by Crippen LogP contribution is 2.25.